The van der Waals surface area contributed by atoms with Gasteiger partial charge in [-0.2, -0.15) is 0 Å². The lowest BCUT2D eigenvalue weighted by molar-refractivity contribution is -0.137. The van der Waals surface area contributed by atoms with Gasteiger partial charge in [-0.25, -0.2) is 0 Å². The van der Waals surface area contributed by atoms with E-state index in [-0.39, 0.29) is 29.6 Å². The van der Waals surface area contributed by atoms with E-state index in [0.717, 1.165) is 18.4 Å². The van der Waals surface area contributed by atoms with Gasteiger partial charge in [0, 0.05) is 18.1 Å². The minimum absolute atomic E-state index is 0. The maximum absolute atomic E-state index is 12.5. The molecule has 3 N–H and O–H groups in total. The van der Waals surface area contributed by atoms with Crippen molar-refractivity contribution < 1.29 is 9.90 Å². The number of aliphatic hydroxyl groups is 1. The van der Waals surface area contributed by atoms with E-state index in [1.807, 2.05) is 37.8 Å². The van der Waals surface area contributed by atoms with Crippen LogP contribution < -0.4 is 5.73 Å². The minimum atomic E-state index is -0.513. The molecule has 1 aliphatic heterocycles. The van der Waals surface area contributed by atoms with Gasteiger partial charge < -0.3 is 15.7 Å². The highest BCUT2D eigenvalue weighted by Crippen LogP contribution is 2.32. The van der Waals surface area contributed by atoms with Crippen molar-refractivity contribution in [1.82, 2.24) is 4.90 Å². The van der Waals surface area contributed by atoms with Crippen molar-refractivity contribution in [2.75, 3.05) is 13.1 Å². The number of hydrogen-bond donors (Lipinski definition) is 2. The second kappa shape index (κ2) is 8.52. The summed E-state index contributed by atoms with van der Waals surface area (Å²) in [6.45, 7) is 7.24. The van der Waals surface area contributed by atoms with Gasteiger partial charge in [-0.3, -0.25) is 4.79 Å². The fourth-order valence-electron chi connectivity index (χ4n) is 2.93. The molecule has 2 rings (SSSR count). The molecule has 1 aromatic rings. The Labute approximate surface area is 155 Å². The average molecular weight is 375 g/mol. The lowest BCUT2D eigenvalue weighted by atomic mass is 9.84. The van der Waals surface area contributed by atoms with E-state index in [4.69, 9.17) is 17.3 Å². The summed E-state index contributed by atoms with van der Waals surface area (Å²) >= 11 is 5.88. The third-order valence-corrected chi connectivity index (χ3v) is 4.96. The number of nitrogens with zero attached hydrogens (tertiary/aromatic N) is 1. The van der Waals surface area contributed by atoms with Crippen molar-refractivity contribution in [2.45, 2.75) is 45.8 Å². The maximum atomic E-state index is 12.5. The zero-order chi connectivity index (χ0) is 17.2. The Kier molecular flexibility index (Phi) is 7.54. The van der Waals surface area contributed by atoms with E-state index in [2.05, 4.69) is 0 Å². The van der Waals surface area contributed by atoms with Crippen LogP contribution in [0.1, 0.15) is 45.3 Å². The highest BCUT2D eigenvalue weighted by Gasteiger charge is 2.34. The summed E-state index contributed by atoms with van der Waals surface area (Å²) in [5.41, 5.74) is 6.71. The van der Waals surface area contributed by atoms with Gasteiger partial charge in [0.2, 0.25) is 5.91 Å². The fraction of sp³-hybridized carbons (Fsp3) is 0.611. The highest BCUT2D eigenvalue weighted by atomic mass is 35.5. The standard InChI is InChI=1S/C18H27ClN2O2.ClH/c1-18(2,3)16(20)17(23)21-10-8-13(9-11-21)15(22)12-4-6-14(19)7-5-12;/h4-7,13,15-16,22H,8-11,20H2,1-3H3;1H/t15?,16-;/m1./s1. The number of aliphatic hydroxyl groups excluding tert-OH is 1. The molecule has 0 spiro atoms. The normalized spacial score (nSPS) is 18.7. The number of nitrogens with two attached hydrogens (primary N) is 1. The molecule has 6 heteroatoms. The Bertz CT molecular complexity index is 535. The number of hydrogen-bond acceptors (Lipinski definition) is 3. The quantitative estimate of drug-likeness (QED) is 0.851. The van der Waals surface area contributed by atoms with Crippen LogP contribution in [0, 0.1) is 11.3 Å². The van der Waals surface area contributed by atoms with E-state index in [1.54, 1.807) is 12.1 Å². The second-order valence-electron chi connectivity index (χ2n) is 7.50. The lowest BCUT2D eigenvalue weighted by Crippen LogP contribution is -2.52. The predicted octanol–water partition coefficient (Wildman–Crippen LogP) is 3.41. The maximum Gasteiger partial charge on any atom is 0.240 e. The van der Waals surface area contributed by atoms with Gasteiger partial charge in [-0.1, -0.05) is 44.5 Å². The molecule has 4 nitrogen and oxygen atoms in total. The number of rotatable bonds is 3. The topological polar surface area (TPSA) is 66.6 Å². The molecule has 1 unspecified atom stereocenters. The number of carbonyl (C=O) groups is 1. The van der Waals surface area contributed by atoms with Gasteiger partial charge in [0.1, 0.15) is 0 Å². The zero-order valence-corrected chi connectivity index (χ0v) is 16.1. The van der Waals surface area contributed by atoms with E-state index in [1.165, 1.54) is 0 Å². The molecular formula is C18H28Cl2N2O2. The molecule has 24 heavy (non-hydrogen) atoms. The SMILES string of the molecule is CC(C)(C)[C@H](N)C(=O)N1CCC(C(O)c2ccc(Cl)cc2)CC1.Cl. The molecule has 1 aromatic carbocycles. The Morgan fingerprint density at radius 2 is 1.75 bits per heavy atom. The van der Waals surface area contributed by atoms with Crippen molar-refractivity contribution in [2.24, 2.45) is 17.1 Å². The van der Waals surface area contributed by atoms with Crippen LogP contribution >= 0.6 is 24.0 Å². The minimum Gasteiger partial charge on any atom is -0.388 e. The number of likely N-dealkylation sites (tertiary alicyclic amines) is 1. The van der Waals surface area contributed by atoms with E-state index in [0.29, 0.717) is 18.1 Å². The summed E-state index contributed by atoms with van der Waals surface area (Å²) in [6.07, 6.45) is 1.06. The van der Waals surface area contributed by atoms with Crippen molar-refractivity contribution in [3.8, 4) is 0 Å². The Hall–Kier alpha value is -0.810. The van der Waals surface area contributed by atoms with Crippen LogP contribution in [0.2, 0.25) is 5.02 Å². The first-order valence-electron chi connectivity index (χ1n) is 8.18. The van der Waals surface area contributed by atoms with Crippen molar-refractivity contribution in [1.29, 1.82) is 0 Å². The van der Waals surface area contributed by atoms with Crippen molar-refractivity contribution in [3.63, 3.8) is 0 Å². The summed E-state index contributed by atoms with van der Waals surface area (Å²) in [5.74, 6) is 0.169. The van der Waals surface area contributed by atoms with Gasteiger partial charge in [-0.15, -0.1) is 12.4 Å². The molecule has 1 amide bonds. The third kappa shape index (κ3) is 5.09. The fourth-order valence-corrected chi connectivity index (χ4v) is 3.06. The molecule has 1 saturated heterocycles. The predicted molar refractivity (Wildman–Crippen MR) is 100 cm³/mol. The smallest absolute Gasteiger partial charge is 0.240 e. The van der Waals surface area contributed by atoms with E-state index in [9.17, 15) is 9.90 Å². The van der Waals surface area contributed by atoms with Crippen molar-refractivity contribution in [3.05, 3.63) is 34.9 Å². The summed E-state index contributed by atoms with van der Waals surface area (Å²) < 4.78 is 0. The first kappa shape index (κ1) is 21.2. The molecule has 0 radical (unpaired) electrons. The molecule has 0 aromatic heterocycles. The highest BCUT2D eigenvalue weighted by molar-refractivity contribution is 6.30. The van der Waals surface area contributed by atoms with Gasteiger partial charge in [0.25, 0.3) is 0 Å². The Morgan fingerprint density at radius 1 is 1.25 bits per heavy atom. The first-order chi connectivity index (χ1) is 10.7. The number of amides is 1. The summed E-state index contributed by atoms with van der Waals surface area (Å²) in [7, 11) is 0. The van der Waals surface area contributed by atoms with Gasteiger partial charge in [-0.05, 0) is 41.9 Å². The largest absolute Gasteiger partial charge is 0.388 e. The van der Waals surface area contributed by atoms with Crippen molar-refractivity contribution >= 4 is 29.9 Å². The Morgan fingerprint density at radius 3 is 2.21 bits per heavy atom. The first-order valence-corrected chi connectivity index (χ1v) is 8.56. The molecule has 1 heterocycles. The van der Waals surface area contributed by atoms with Gasteiger partial charge in [0.05, 0.1) is 12.1 Å². The second-order valence-corrected chi connectivity index (χ2v) is 7.94. The van der Waals surface area contributed by atoms with Crippen LogP contribution in [0.5, 0.6) is 0 Å². The van der Waals surface area contributed by atoms with Crippen LogP contribution in [-0.2, 0) is 4.79 Å². The molecule has 2 atom stereocenters. The van der Waals surface area contributed by atoms with Crippen LogP contribution in [0.3, 0.4) is 0 Å². The number of halogens is 2. The number of benzene rings is 1. The Balaban J connectivity index is 0.00000288. The lowest BCUT2D eigenvalue weighted by Gasteiger charge is -2.37. The average Bonchev–Trinajstić information content (AvgIpc) is 2.53. The van der Waals surface area contributed by atoms with E-state index >= 15 is 0 Å². The number of carbonyl (C=O) groups excluding carboxylic acids is 1. The van der Waals surface area contributed by atoms with Crippen LogP contribution in [-0.4, -0.2) is 35.0 Å². The molecular weight excluding hydrogens is 347 g/mol. The molecule has 1 aliphatic rings. The third-order valence-electron chi connectivity index (χ3n) is 4.71. The zero-order valence-electron chi connectivity index (χ0n) is 14.5. The van der Waals surface area contributed by atoms with Gasteiger partial charge in [0.15, 0.2) is 0 Å². The summed E-state index contributed by atoms with van der Waals surface area (Å²) in [6, 6.07) is 6.82. The van der Waals surface area contributed by atoms with Crippen LogP contribution in [0.4, 0.5) is 0 Å². The summed E-state index contributed by atoms with van der Waals surface area (Å²) in [5, 5.41) is 11.2. The number of piperidine rings is 1. The van der Waals surface area contributed by atoms with Crippen LogP contribution in [0.15, 0.2) is 24.3 Å². The summed E-state index contributed by atoms with van der Waals surface area (Å²) in [4.78, 5) is 14.3. The van der Waals surface area contributed by atoms with Crippen LogP contribution in [0.25, 0.3) is 0 Å². The molecule has 0 saturated carbocycles. The molecule has 0 aliphatic carbocycles. The molecule has 1 fully saturated rings. The van der Waals surface area contributed by atoms with E-state index < -0.39 is 12.1 Å². The monoisotopic (exact) mass is 374 g/mol. The van der Waals surface area contributed by atoms with Gasteiger partial charge >= 0.3 is 0 Å². The molecule has 0 bridgehead atoms. The molecule has 136 valence electrons.